The minimum Gasteiger partial charge on any atom is -0.352 e. The van der Waals surface area contributed by atoms with Gasteiger partial charge in [0.2, 0.25) is 6.20 Å². The molecule has 0 spiro atoms. The largest absolute Gasteiger partial charge is 0.352 e. The first-order valence-corrected chi connectivity index (χ1v) is 5.33. The Labute approximate surface area is 99.3 Å². The van der Waals surface area contributed by atoms with Crippen LogP contribution in [-0.4, -0.2) is 17.4 Å². The average molecular weight is 234 g/mol. The molecule has 0 unspecified atom stereocenters. The third kappa shape index (κ3) is 4.46. The first-order valence-electron chi connectivity index (χ1n) is 5.33. The van der Waals surface area contributed by atoms with Crippen LogP contribution in [0.3, 0.4) is 0 Å². The van der Waals surface area contributed by atoms with Gasteiger partial charge in [-0.25, -0.2) is 0 Å². The summed E-state index contributed by atoms with van der Waals surface area (Å²) in [7, 11) is 0. The number of amides is 1. The molecule has 0 bridgehead atoms. The van der Waals surface area contributed by atoms with Gasteiger partial charge in [-0.3, -0.25) is 14.9 Å². The molecule has 0 aliphatic rings. The molecular weight excluding hydrogens is 220 g/mol. The lowest BCUT2D eigenvalue weighted by molar-refractivity contribution is -0.400. The highest BCUT2D eigenvalue weighted by Gasteiger charge is 2.03. The first-order chi connectivity index (χ1) is 8.13. The predicted molar refractivity (Wildman–Crippen MR) is 65.1 cm³/mol. The Morgan fingerprint density at radius 2 is 2.06 bits per heavy atom. The molecule has 0 heterocycles. The lowest BCUT2D eigenvalue weighted by Gasteiger charge is -2.03. The molecule has 5 heteroatoms. The maximum atomic E-state index is 11.5. The standard InChI is InChI=1S/C12H14N2O3/c1-2-8-13-12(15)11-5-3-10(4-6-11)7-9-14(16)17/h3-7,9H,2,8H2,1H3,(H,13,15)/b9-7+. The maximum Gasteiger partial charge on any atom is 0.251 e. The monoisotopic (exact) mass is 234 g/mol. The third-order valence-electron chi connectivity index (χ3n) is 2.10. The highest BCUT2D eigenvalue weighted by molar-refractivity contribution is 5.94. The summed E-state index contributed by atoms with van der Waals surface area (Å²) in [5, 5.41) is 12.9. The molecule has 1 N–H and O–H groups in total. The van der Waals surface area contributed by atoms with Gasteiger partial charge in [0.15, 0.2) is 0 Å². The fourth-order valence-corrected chi connectivity index (χ4v) is 1.23. The summed E-state index contributed by atoms with van der Waals surface area (Å²) in [6.45, 7) is 2.62. The molecule has 90 valence electrons. The quantitative estimate of drug-likeness (QED) is 0.626. The van der Waals surface area contributed by atoms with Crippen molar-refractivity contribution < 1.29 is 9.72 Å². The molecule has 0 atom stereocenters. The SMILES string of the molecule is CCCNC(=O)c1ccc(/C=C/[N+](=O)[O-])cc1. The first kappa shape index (κ1) is 12.9. The van der Waals surface area contributed by atoms with E-state index in [4.69, 9.17) is 0 Å². The molecule has 1 amide bonds. The highest BCUT2D eigenvalue weighted by atomic mass is 16.6. The summed E-state index contributed by atoms with van der Waals surface area (Å²) in [6, 6.07) is 6.62. The molecule has 17 heavy (non-hydrogen) atoms. The van der Waals surface area contributed by atoms with Gasteiger partial charge in [0.1, 0.15) is 0 Å². The normalized spacial score (nSPS) is 10.4. The molecule has 1 rings (SSSR count). The number of nitro groups is 1. The Bertz CT molecular complexity index is 424. The fourth-order valence-electron chi connectivity index (χ4n) is 1.23. The fraction of sp³-hybridized carbons (Fsp3) is 0.250. The second kappa shape index (κ2) is 6.42. The van der Waals surface area contributed by atoms with Gasteiger partial charge in [0.05, 0.1) is 4.92 Å². The van der Waals surface area contributed by atoms with E-state index in [0.717, 1.165) is 12.6 Å². The van der Waals surface area contributed by atoms with Gasteiger partial charge < -0.3 is 5.32 Å². The van der Waals surface area contributed by atoms with E-state index >= 15 is 0 Å². The average Bonchev–Trinajstić information content (AvgIpc) is 2.34. The summed E-state index contributed by atoms with van der Waals surface area (Å²) < 4.78 is 0. The van der Waals surface area contributed by atoms with Crippen molar-refractivity contribution in [3.63, 3.8) is 0 Å². The summed E-state index contributed by atoms with van der Waals surface area (Å²) in [5.74, 6) is -0.128. The van der Waals surface area contributed by atoms with E-state index in [-0.39, 0.29) is 5.91 Å². The number of rotatable bonds is 5. The predicted octanol–water partition coefficient (Wildman–Crippen LogP) is 2.07. The van der Waals surface area contributed by atoms with Crippen molar-refractivity contribution in [2.24, 2.45) is 0 Å². The molecule has 0 saturated carbocycles. The molecule has 0 aromatic heterocycles. The minimum atomic E-state index is -0.526. The van der Waals surface area contributed by atoms with Crippen LogP contribution in [0.1, 0.15) is 29.3 Å². The van der Waals surface area contributed by atoms with Gasteiger partial charge in [0, 0.05) is 18.2 Å². The van der Waals surface area contributed by atoms with E-state index in [1.165, 1.54) is 6.08 Å². The number of carbonyl (C=O) groups excluding carboxylic acids is 1. The van der Waals surface area contributed by atoms with Crippen molar-refractivity contribution in [3.8, 4) is 0 Å². The summed E-state index contributed by atoms with van der Waals surface area (Å²) >= 11 is 0. The highest BCUT2D eigenvalue weighted by Crippen LogP contribution is 2.06. The molecule has 0 aliphatic heterocycles. The van der Waals surface area contributed by atoms with Gasteiger partial charge in [-0.2, -0.15) is 0 Å². The number of hydrogen-bond acceptors (Lipinski definition) is 3. The van der Waals surface area contributed by atoms with Gasteiger partial charge in [0.25, 0.3) is 5.91 Å². The van der Waals surface area contributed by atoms with Crippen molar-refractivity contribution in [3.05, 3.63) is 51.7 Å². The Morgan fingerprint density at radius 1 is 1.41 bits per heavy atom. The van der Waals surface area contributed by atoms with E-state index in [2.05, 4.69) is 5.32 Å². The Morgan fingerprint density at radius 3 is 2.59 bits per heavy atom. The van der Waals surface area contributed by atoms with Crippen molar-refractivity contribution in [2.45, 2.75) is 13.3 Å². The zero-order valence-corrected chi connectivity index (χ0v) is 9.55. The van der Waals surface area contributed by atoms with Gasteiger partial charge in [-0.1, -0.05) is 19.1 Å². The molecule has 0 saturated heterocycles. The number of benzene rings is 1. The molecule has 0 aliphatic carbocycles. The van der Waals surface area contributed by atoms with Crippen LogP contribution in [0, 0.1) is 10.1 Å². The van der Waals surface area contributed by atoms with E-state index in [1.807, 2.05) is 6.92 Å². The lowest BCUT2D eigenvalue weighted by Crippen LogP contribution is -2.23. The van der Waals surface area contributed by atoms with Gasteiger partial charge in [-0.05, 0) is 24.1 Å². The second-order valence-electron chi connectivity index (χ2n) is 3.48. The molecule has 1 aromatic carbocycles. The van der Waals surface area contributed by atoms with Crippen LogP contribution in [0.5, 0.6) is 0 Å². The number of nitrogens with zero attached hydrogens (tertiary/aromatic N) is 1. The Balaban J connectivity index is 2.67. The van der Waals surface area contributed by atoms with E-state index in [1.54, 1.807) is 24.3 Å². The van der Waals surface area contributed by atoms with E-state index in [0.29, 0.717) is 17.7 Å². The smallest absolute Gasteiger partial charge is 0.251 e. The third-order valence-corrected chi connectivity index (χ3v) is 2.10. The van der Waals surface area contributed by atoms with Crippen LogP contribution in [0.2, 0.25) is 0 Å². The number of hydrogen-bond donors (Lipinski definition) is 1. The van der Waals surface area contributed by atoms with Crippen LogP contribution < -0.4 is 5.32 Å². The van der Waals surface area contributed by atoms with Crippen molar-refractivity contribution in [2.75, 3.05) is 6.54 Å². The van der Waals surface area contributed by atoms with Crippen LogP contribution in [0.25, 0.3) is 6.08 Å². The van der Waals surface area contributed by atoms with Crippen molar-refractivity contribution in [1.82, 2.24) is 5.32 Å². The zero-order valence-electron chi connectivity index (χ0n) is 9.55. The van der Waals surface area contributed by atoms with Crippen LogP contribution in [0.4, 0.5) is 0 Å². The second-order valence-corrected chi connectivity index (χ2v) is 3.48. The van der Waals surface area contributed by atoms with Crippen molar-refractivity contribution >= 4 is 12.0 Å². The Hall–Kier alpha value is -2.17. The maximum absolute atomic E-state index is 11.5. The lowest BCUT2D eigenvalue weighted by atomic mass is 10.1. The number of nitrogens with one attached hydrogen (secondary N) is 1. The van der Waals surface area contributed by atoms with E-state index in [9.17, 15) is 14.9 Å². The minimum absolute atomic E-state index is 0.128. The molecule has 0 radical (unpaired) electrons. The molecular formula is C12H14N2O3. The molecule has 0 fully saturated rings. The molecule has 5 nitrogen and oxygen atoms in total. The zero-order chi connectivity index (χ0) is 12.7. The van der Waals surface area contributed by atoms with Crippen molar-refractivity contribution in [1.29, 1.82) is 0 Å². The molecule has 1 aromatic rings. The summed E-state index contributed by atoms with van der Waals surface area (Å²) in [6.07, 6.45) is 3.13. The summed E-state index contributed by atoms with van der Waals surface area (Å²) in [4.78, 5) is 21.1. The Kier molecular flexibility index (Phi) is 4.87. The van der Waals surface area contributed by atoms with E-state index < -0.39 is 4.92 Å². The number of carbonyl (C=O) groups is 1. The van der Waals surface area contributed by atoms with Crippen LogP contribution >= 0.6 is 0 Å². The van der Waals surface area contributed by atoms with Crippen LogP contribution in [0.15, 0.2) is 30.5 Å². The van der Waals surface area contributed by atoms with Gasteiger partial charge >= 0.3 is 0 Å². The van der Waals surface area contributed by atoms with Crippen LogP contribution in [-0.2, 0) is 0 Å². The summed E-state index contributed by atoms with van der Waals surface area (Å²) in [5.41, 5.74) is 1.24. The van der Waals surface area contributed by atoms with Gasteiger partial charge in [-0.15, -0.1) is 0 Å². The topological polar surface area (TPSA) is 72.2 Å².